The summed E-state index contributed by atoms with van der Waals surface area (Å²) in [7, 11) is -3.53. The van der Waals surface area contributed by atoms with E-state index in [9.17, 15) is 13.2 Å². The molecule has 4 aromatic rings. The number of halogens is 1. The number of H-pyrrole nitrogens is 1. The highest BCUT2D eigenvalue weighted by Crippen LogP contribution is 2.43. The van der Waals surface area contributed by atoms with Gasteiger partial charge in [0.05, 0.1) is 17.0 Å². The molecule has 0 saturated carbocycles. The number of ether oxygens (including phenoxy) is 1. The van der Waals surface area contributed by atoms with Crippen molar-refractivity contribution in [2.75, 3.05) is 11.0 Å². The second kappa shape index (κ2) is 8.13. The molecule has 0 amide bonds. The number of aryl methyl sites for hydroxylation is 1. The van der Waals surface area contributed by atoms with Crippen LogP contribution >= 0.6 is 11.6 Å². The summed E-state index contributed by atoms with van der Waals surface area (Å²) in [5.41, 5.74) is 1.83. The Kier molecular flexibility index (Phi) is 5.51. The third-order valence-corrected chi connectivity index (χ3v) is 5.62. The van der Waals surface area contributed by atoms with Crippen LogP contribution in [0.3, 0.4) is 0 Å². The number of para-hydroxylation sites is 1. The first-order chi connectivity index (χ1) is 14.8. The number of pyridine rings is 1. The molecule has 2 N–H and O–H groups in total. The van der Waals surface area contributed by atoms with Crippen LogP contribution in [0.5, 0.6) is 11.5 Å². The lowest BCUT2D eigenvalue weighted by molar-refractivity contribution is 0.485. The fourth-order valence-corrected chi connectivity index (χ4v) is 4.23. The largest absolute Gasteiger partial charge is 0.455 e. The summed E-state index contributed by atoms with van der Waals surface area (Å²) in [6.45, 7) is 2.33. The molecule has 31 heavy (non-hydrogen) atoms. The fourth-order valence-electron chi connectivity index (χ4n) is 3.42. The van der Waals surface area contributed by atoms with Crippen LogP contribution in [0.15, 0.2) is 65.7 Å². The summed E-state index contributed by atoms with van der Waals surface area (Å²) in [5, 5.41) is 0.908. The number of aromatic nitrogens is 2. The summed E-state index contributed by atoms with van der Waals surface area (Å²) in [6, 6.07) is 14.1. The first-order valence-corrected chi connectivity index (χ1v) is 11.8. The predicted molar refractivity (Wildman–Crippen MR) is 124 cm³/mol. The molecular weight excluding hydrogens is 438 g/mol. The quantitative estimate of drug-likeness (QED) is 0.433. The van der Waals surface area contributed by atoms with E-state index in [0.29, 0.717) is 45.8 Å². The van der Waals surface area contributed by atoms with E-state index in [1.165, 1.54) is 6.07 Å². The molecule has 7 nitrogen and oxygen atoms in total. The van der Waals surface area contributed by atoms with Crippen molar-refractivity contribution < 1.29 is 13.2 Å². The highest BCUT2D eigenvalue weighted by atomic mass is 35.5. The van der Waals surface area contributed by atoms with Gasteiger partial charge in [0.1, 0.15) is 11.3 Å². The van der Waals surface area contributed by atoms with Gasteiger partial charge in [0.25, 0.3) is 5.56 Å². The third-order valence-electron chi connectivity index (χ3n) is 4.74. The van der Waals surface area contributed by atoms with E-state index in [1.807, 2.05) is 25.1 Å². The van der Waals surface area contributed by atoms with Crippen LogP contribution in [0, 0.1) is 0 Å². The predicted octanol–water partition coefficient (Wildman–Crippen LogP) is 4.83. The second-order valence-corrected chi connectivity index (χ2v) is 9.18. The number of sulfonamides is 1. The zero-order valence-electron chi connectivity index (χ0n) is 16.8. The van der Waals surface area contributed by atoms with Crippen LogP contribution in [0.2, 0.25) is 5.02 Å². The number of aromatic amines is 1. The number of hydrogen-bond acceptors (Lipinski definition) is 4. The molecule has 4 rings (SSSR count). The lowest BCUT2D eigenvalue weighted by Gasteiger charge is -2.17. The van der Waals surface area contributed by atoms with Crippen molar-refractivity contribution in [3.05, 3.63) is 76.3 Å². The molecule has 160 valence electrons. The molecule has 0 unspecified atom stereocenters. The maximum absolute atomic E-state index is 12.7. The molecular formula is C22H20ClN3O4S. The number of rotatable bonds is 6. The monoisotopic (exact) mass is 457 g/mol. The Labute approximate surface area is 184 Å². The molecule has 0 aliphatic rings. The fraction of sp³-hybridized carbons (Fsp3) is 0.136. The first kappa shape index (κ1) is 21.0. The van der Waals surface area contributed by atoms with E-state index in [-0.39, 0.29) is 10.6 Å². The van der Waals surface area contributed by atoms with Gasteiger partial charge in [0, 0.05) is 35.5 Å². The summed E-state index contributed by atoms with van der Waals surface area (Å²) >= 11 is 6.56. The standard InChI is InChI=1S/C22H20ClN3O4S/c1-3-26-13-18(16-9-10-24-20(16)22(26)27)17-11-14(25-31(2,28)29)12-19(23)21(17)30-15-7-5-4-6-8-15/h4-13,24-25H,3H2,1-2H3. The molecule has 0 saturated heterocycles. The number of nitrogens with zero attached hydrogens (tertiary/aromatic N) is 1. The lowest BCUT2D eigenvalue weighted by Crippen LogP contribution is -2.19. The van der Waals surface area contributed by atoms with Gasteiger partial charge in [-0.25, -0.2) is 8.42 Å². The van der Waals surface area contributed by atoms with Gasteiger partial charge in [-0.15, -0.1) is 0 Å². The van der Waals surface area contributed by atoms with E-state index < -0.39 is 10.0 Å². The highest BCUT2D eigenvalue weighted by molar-refractivity contribution is 7.92. The van der Waals surface area contributed by atoms with Crippen molar-refractivity contribution >= 4 is 38.2 Å². The van der Waals surface area contributed by atoms with Gasteiger partial charge in [-0.3, -0.25) is 9.52 Å². The molecule has 2 aromatic carbocycles. The van der Waals surface area contributed by atoms with Crippen LogP contribution in [0.4, 0.5) is 5.69 Å². The molecule has 0 aliphatic carbocycles. The minimum atomic E-state index is -3.53. The van der Waals surface area contributed by atoms with Gasteiger partial charge in [-0.2, -0.15) is 0 Å². The van der Waals surface area contributed by atoms with Crippen molar-refractivity contribution in [3.63, 3.8) is 0 Å². The van der Waals surface area contributed by atoms with E-state index in [1.54, 1.807) is 41.2 Å². The van der Waals surface area contributed by atoms with Crippen molar-refractivity contribution in [2.45, 2.75) is 13.5 Å². The minimum Gasteiger partial charge on any atom is -0.455 e. The van der Waals surface area contributed by atoms with Crippen molar-refractivity contribution in [2.24, 2.45) is 0 Å². The van der Waals surface area contributed by atoms with Crippen molar-refractivity contribution in [1.29, 1.82) is 0 Å². The topological polar surface area (TPSA) is 93.2 Å². The molecule has 0 fully saturated rings. The van der Waals surface area contributed by atoms with Crippen LogP contribution in [0.25, 0.3) is 22.0 Å². The highest BCUT2D eigenvalue weighted by Gasteiger charge is 2.20. The molecule has 0 bridgehead atoms. The Bertz CT molecular complexity index is 1430. The second-order valence-electron chi connectivity index (χ2n) is 7.02. The smallest absolute Gasteiger partial charge is 0.274 e. The summed E-state index contributed by atoms with van der Waals surface area (Å²) in [4.78, 5) is 15.7. The number of benzene rings is 2. The average Bonchev–Trinajstić information content (AvgIpc) is 3.20. The minimum absolute atomic E-state index is 0.145. The molecule has 2 heterocycles. The van der Waals surface area contributed by atoms with Crippen LogP contribution in [0.1, 0.15) is 6.92 Å². The summed E-state index contributed by atoms with van der Waals surface area (Å²) in [5.74, 6) is 0.930. The molecule has 0 aliphatic heterocycles. The van der Waals surface area contributed by atoms with Crippen molar-refractivity contribution in [3.8, 4) is 22.6 Å². The van der Waals surface area contributed by atoms with Gasteiger partial charge in [-0.1, -0.05) is 29.8 Å². The SMILES string of the molecule is CCn1cc(-c2cc(NS(C)(=O)=O)cc(Cl)c2Oc2ccccc2)c2cc[nH]c2c1=O. The number of hydrogen-bond donors (Lipinski definition) is 2. The van der Waals surface area contributed by atoms with E-state index in [4.69, 9.17) is 16.3 Å². The maximum atomic E-state index is 12.7. The molecule has 0 atom stereocenters. The summed E-state index contributed by atoms with van der Waals surface area (Å²) in [6.07, 6.45) is 4.48. The average molecular weight is 458 g/mol. The third kappa shape index (κ3) is 4.30. The Morgan fingerprint density at radius 2 is 1.87 bits per heavy atom. The van der Waals surface area contributed by atoms with Crippen LogP contribution in [-0.2, 0) is 16.6 Å². The molecule has 2 aromatic heterocycles. The number of anilines is 1. The van der Waals surface area contributed by atoms with Gasteiger partial charge >= 0.3 is 0 Å². The normalized spacial score (nSPS) is 11.6. The lowest BCUT2D eigenvalue weighted by atomic mass is 10.0. The Balaban J connectivity index is 2.01. The van der Waals surface area contributed by atoms with Gasteiger partial charge < -0.3 is 14.3 Å². The number of nitrogens with one attached hydrogen (secondary N) is 2. The van der Waals surface area contributed by atoms with E-state index in [2.05, 4.69) is 9.71 Å². The van der Waals surface area contributed by atoms with Crippen LogP contribution in [-0.4, -0.2) is 24.2 Å². The molecule has 9 heteroatoms. The van der Waals surface area contributed by atoms with Crippen LogP contribution < -0.4 is 15.0 Å². The first-order valence-electron chi connectivity index (χ1n) is 9.52. The Morgan fingerprint density at radius 3 is 2.55 bits per heavy atom. The van der Waals surface area contributed by atoms with E-state index in [0.717, 1.165) is 6.26 Å². The Hall–Kier alpha value is -3.23. The summed E-state index contributed by atoms with van der Waals surface area (Å²) < 4.78 is 33.8. The van der Waals surface area contributed by atoms with E-state index >= 15 is 0 Å². The zero-order valence-corrected chi connectivity index (χ0v) is 18.4. The van der Waals surface area contributed by atoms with Crippen molar-refractivity contribution in [1.82, 2.24) is 9.55 Å². The van der Waals surface area contributed by atoms with Gasteiger partial charge in [0.2, 0.25) is 10.0 Å². The molecule has 0 radical (unpaired) electrons. The molecule has 0 spiro atoms. The van der Waals surface area contributed by atoms with Gasteiger partial charge in [0.15, 0.2) is 5.75 Å². The zero-order chi connectivity index (χ0) is 22.2. The van der Waals surface area contributed by atoms with Gasteiger partial charge in [-0.05, 0) is 37.3 Å². The Morgan fingerprint density at radius 1 is 1.13 bits per heavy atom. The maximum Gasteiger partial charge on any atom is 0.274 e. The number of fused-ring (bicyclic) bond motifs is 1.